The van der Waals surface area contributed by atoms with E-state index in [2.05, 4.69) is 5.32 Å². The lowest BCUT2D eigenvalue weighted by Crippen LogP contribution is -2.54. The second-order valence-electron chi connectivity index (χ2n) is 8.66. The number of hydrogen-bond donors (Lipinski definition) is 3. The number of nitrogens with one attached hydrogen (secondary N) is 1. The zero-order valence-corrected chi connectivity index (χ0v) is 13.8. The van der Waals surface area contributed by atoms with Crippen LogP contribution in [0.25, 0.3) is 0 Å². The van der Waals surface area contributed by atoms with Crippen molar-refractivity contribution in [2.24, 2.45) is 23.2 Å². The molecule has 5 heteroatoms. The number of rotatable bonds is 4. The molecule has 4 bridgehead atoms. The first-order valence-electron chi connectivity index (χ1n) is 8.52. The summed E-state index contributed by atoms with van der Waals surface area (Å²) in [4.78, 5) is 12.0. The zero-order valence-electron chi connectivity index (χ0n) is 13.8. The molecular weight excluding hydrogens is 282 g/mol. The highest BCUT2D eigenvalue weighted by atomic mass is 16.6. The van der Waals surface area contributed by atoms with Gasteiger partial charge in [-0.1, -0.05) is 0 Å². The van der Waals surface area contributed by atoms with Crippen LogP contribution in [0.4, 0.5) is 4.79 Å². The Bertz CT molecular complexity index is 430. The van der Waals surface area contributed by atoms with Crippen LogP contribution < -0.4 is 5.32 Å². The second kappa shape index (κ2) is 5.38. The maximum atomic E-state index is 12.0. The lowest BCUT2D eigenvalue weighted by atomic mass is 9.70. The molecule has 0 radical (unpaired) electrons. The average molecular weight is 311 g/mol. The monoisotopic (exact) mass is 311 g/mol. The number of ether oxygens (including phenoxy) is 1. The van der Waals surface area contributed by atoms with Gasteiger partial charge in [-0.05, 0) is 70.6 Å². The van der Waals surface area contributed by atoms with Crippen molar-refractivity contribution in [2.75, 3.05) is 6.61 Å². The highest BCUT2D eigenvalue weighted by molar-refractivity contribution is 5.68. The van der Waals surface area contributed by atoms with Crippen molar-refractivity contribution >= 4 is 6.09 Å². The number of aliphatic hydroxyl groups is 2. The summed E-state index contributed by atoms with van der Waals surface area (Å²) >= 11 is 0. The van der Waals surface area contributed by atoms with Crippen molar-refractivity contribution in [3.05, 3.63) is 0 Å². The summed E-state index contributed by atoms with van der Waals surface area (Å²) in [5.41, 5.74) is -0.686. The van der Waals surface area contributed by atoms with E-state index in [1.54, 1.807) is 20.8 Å². The van der Waals surface area contributed by atoms with Crippen LogP contribution >= 0.6 is 0 Å². The van der Waals surface area contributed by atoms with Crippen molar-refractivity contribution in [3.63, 3.8) is 0 Å². The minimum absolute atomic E-state index is 0.101. The molecular formula is C17H29NO4. The molecule has 0 heterocycles. The van der Waals surface area contributed by atoms with Gasteiger partial charge in [0, 0.05) is 5.41 Å². The van der Waals surface area contributed by atoms with Crippen LogP contribution in [-0.4, -0.2) is 40.7 Å². The van der Waals surface area contributed by atoms with E-state index in [0.717, 1.165) is 24.7 Å². The normalized spacial score (nSPS) is 38.9. The molecule has 0 aromatic carbocycles. The number of alkyl carbamates (subject to hydrolysis) is 1. The molecule has 4 rings (SSSR count). The number of amides is 1. The van der Waals surface area contributed by atoms with Gasteiger partial charge in [0.05, 0.1) is 18.8 Å². The molecule has 0 aromatic rings. The third-order valence-electron chi connectivity index (χ3n) is 5.92. The molecule has 0 spiro atoms. The lowest BCUT2D eigenvalue weighted by molar-refractivity contribution is -0.0398. The standard InChI is InChI=1S/C17H29NO4/c1-16(2,3)22-15(21)18-13(9-19)14(20)17-7-10-4-11(8-17)6-12(17)5-10/h10-14,19-20H,4-9H2,1-3H3,(H,18,21)/t10?,11?,12?,13-,14-,17?/m1/s1. The lowest BCUT2D eigenvalue weighted by Gasteiger charge is -2.40. The summed E-state index contributed by atoms with van der Waals surface area (Å²) in [6, 6.07) is -0.645. The van der Waals surface area contributed by atoms with Crippen LogP contribution in [0.1, 0.15) is 52.9 Å². The highest BCUT2D eigenvalue weighted by Crippen LogP contribution is 2.66. The first kappa shape index (κ1) is 16.1. The fraction of sp³-hybridized carbons (Fsp3) is 0.941. The molecule has 0 aromatic heterocycles. The van der Waals surface area contributed by atoms with Gasteiger partial charge in [-0.3, -0.25) is 0 Å². The van der Waals surface area contributed by atoms with E-state index in [-0.39, 0.29) is 12.0 Å². The molecule has 4 atom stereocenters. The van der Waals surface area contributed by atoms with Crippen molar-refractivity contribution < 1.29 is 19.7 Å². The molecule has 4 aliphatic rings. The Balaban J connectivity index is 1.68. The molecule has 4 fully saturated rings. The van der Waals surface area contributed by atoms with Crippen molar-refractivity contribution in [2.45, 2.75) is 70.6 Å². The van der Waals surface area contributed by atoms with Crippen LogP contribution in [-0.2, 0) is 4.74 Å². The van der Waals surface area contributed by atoms with Crippen LogP contribution in [0, 0.1) is 23.2 Å². The average Bonchev–Trinajstić information content (AvgIpc) is 2.79. The van der Waals surface area contributed by atoms with Gasteiger partial charge in [0.15, 0.2) is 0 Å². The van der Waals surface area contributed by atoms with Gasteiger partial charge >= 0.3 is 6.09 Å². The van der Waals surface area contributed by atoms with E-state index >= 15 is 0 Å². The van der Waals surface area contributed by atoms with E-state index in [9.17, 15) is 15.0 Å². The summed E-state index contributed by atoms with van der Waals surface area (Å²) in [7, 11) is 0. The molecule has 2 unspecified atom stereocenters. The number of hydrogen-bond acceptors (Lipinski definition) is 4. The van der Waals surface area contributed by atoms with Crippen LogP contribution in [0.3, 0.4) is 0 Å². The Morgan fingerprint density at radius 1 is 1.27 bits per heavy atom. The number of aliphatic hydroxyl groups excluding tert-OH is 2. The number of carbonyl (C=O) groups excluding carboxylic acids is 1. The highest BCUT2D eigenvalue weighted by Gasteiger charge is 2.61. The summed E-state index contributed by atoms with van der Waals surface area (Å²) in [6.45, 7) is 5.14. The van der Waals surface area contributed by atoms with E-state index in [0.29, 0.717) is 5.92 Å². The molecule has 3 N–H and O–H groups in total. The molecule has 4 aliphatic carbocycles. The fourth-order valence-corrected chi connectivity index (χ4v) is 5.43. The third kappa shape index (κ3) is 2.73. The topological polar surface area (TPSA) is 78.8 Å². The molecule has 4 saturated carbocycles. The van der Waals surface area contributed by atoms with Crippen molar-refractivity contribution in [1.82, 2.24) is 5.32 Å². The smallest absolute Gasteiger partial charge is 0.408 e. The van der Waals surface area contributed by atoms with Crippen LogP contribution in [0.2, 0.25) is 0 Å². The number of carbonyl (C=O) groups is 1. The van der Waals surface area contributed by atoms with Gasteiger partial charge in [-0.15, -0.1) is 0 Å². The van der Waals surface area contributed by atoms with E-state index in [1.165, 1.54) is 19.3 Å². The van der Waals surface area contributed by atoms with Gasteiger partial charge in [0.25, 0.3) is 0 Å². The fourth-order valence-electron chi connectivity index (χ4n) is 5.43. The molecule has 0 saturated heterocycles. The molecule has 126 valence electrons. The van der Waals surface area contributed by atoms with E-state index in [4.69, 9.17) is 4.74 Å². The summed E-state index contributed by atoms with van der Waals surface area (Å²) in [5.74, 6) is 2.02. The Labute approximate surface area is 132 Å². The Morgan fingerprint density at radius 3 is 2.36 bits per heavy atom. The molecule has 0 aliphatic heterocycles. The predicted octanol–water partition coefficient (Wildman–Crippen LogP) is 2.06. The predicted molar refractivity (Wildman–Crippen MR) is 82.2 cm³/mol. The van der Waals surface area contributed by atoms with Gasteiger partial charge in [0.2, 0.25) is 0 Å². The Hall–Kier alpha value is -0.810. The van der Waals surface area contributed by atoms with Gasteiger partial charge in [-0.25, -0.2) is 4.79 Å². The van der Waals surface area contributed by atoms with E-state index in [1.807, 2.05) is 0 Å². The minimum Gasteiger partial charge on any atom is -0.444 e. The van der Waals surface area contributed by atoms with E-state index < -0.39 is 23.8 Å². The SMILES string of the molecule is CC(C)(C)OC(=O)N[C@H](CO)[C@@H](O)C12CC3CC(CC1C3)C2. The summed E-state index contributed by atoms with van der Waals surface area (Å²) < 4.78 is 5.25. The van der Waals surface area contributed by atoms with Gasteiger partial charge in [0.1, 0.15) is 5.60 Å². The molecule has 1 amide bonds. The van der Waals surface area contributed by atoms with Gasteiger partial charge < -0.3 is 20.3 Å². The Kier molecular flexibility index (Phi) is 3.92. The van der Waals surface area contributed by atoms with Crippen molar-refractivity contribution in [3.8, 4) is 0 Å². The largest absolute Gasteiger partial charge is 0.444 e. The third-order valence-corrected chi connectivity index (χ3v) is 5.92. The minimum atomic E-state index is -0.690. The maximum absolute atomic E-state index is 12.0. The Morgan fingerprint density at radius 2 is 1.86 bits per heavy atom. The summed E-state index contributed by atoms with van der Waals surface area (Å²) in [5, 5.41) is 23.3. The van der Waals surface area contributed by atoms with Crippen molar-refractivity contribution in [1.29, 1.82) is 0 Å². The first-order valence-corrected chi connectivity index (χ1v) is 8.52. The summed E-state index contributed by atoms with van der Waals surface area (Å²) in [6.07, 6.45) is 4.54. The van der Waals surface area contributed by atoms with Crippen LogP contribution in [0.15, 0.2) is 0 Å². The molecule has 5 nitrogen and oxygen atoms in total. The molecule has 22 heavy (non-hydrogen) atoms. The maximum Gasteiger partial charge on any atom is 0.408 e. The zero-order chi connectivity index (χ0) is 16.1. The first-order chi connectivity index (χ1) is 10.2. The van der Waals surface area contributed by atoms with Crippen LogP contribution in [0.5, 0.6) is 0 Å². The quantitative estimate of drug-likeness (QED) is 0.742. The second-order valence-corrected chi connectivity index (χ2v) is 8.66. The van der Waals surface area contributed by atoms with Gasteiger partial charge in [-0.2, -0.15) is 0 Å².